The molecular weight excluding hydrogens is 294 g/mol. The van der Waals surface area contributed by atoms with E-state index in [4.69, 9.17) is 4.42 Å². The highest BCUT2D eigenvalue weighted by atomic mass is 79.9. The minimum absolute atomic E-state index is 0.124. The van der Waals surface area contributed by atoms with Gasteiger partial charge in [-0.3, -0.25) is 4.79 Å². The Labute approximate surface area is 112 Å². The van der Waals surface area contributed by atoms with E-state index in [9.17, 15) is 4.79 Å². The quantitative estimate of drug-likeness (QED) is 0.676. The molecule has 0 aliphatic rings. The zero-order chi connectivity index (χ0) is 12.5. The van der Waals surface area contributed by atoms with Crippen molar-refractivity contribution in [1.82, 2.24) is 4.98 Å². The summed E-state index contributed by atoms with van der Waals surface area (Å²) in [6.45, 7) is 0. The molecule has 1 heterocycles. The average molecular weight is 302 g/mol. The van der Waals surface area contributed by atoms with Crippen molar-refractivity contribution in [3.8, 4) is 0 Å². The van der Waals surface area contributed by atoms with E-state index >= 15 is 0 Å². The van der Waals surface area contributed by atoms with E-state index in [1.165, 1.54) is 0 Å². The first kappa shape index (κ1) is 11.2. The van der Waals surface area contributed by atoms with Gasteiger partial charge in [-0.25, -0.2) is 4.98 Å². The molecule has 3 nitrogen and oxygen atoms in total. The van der Waals surface area contributed by atoms with E-state index in [0.29, 0.717) is 16.7 Å². The molecule has 0 atom stereocenters. The van der Waals surface area contributed by atoms with Crippen molar-refractivity contribution in [3.05, 3.63) is 64.5 Å². The third-order valence-corrected chi connectivity index (χ3v) is 3.12. The van der Waals surface area contributed by atoms with Gasteiger partial charge in [-0.2, -0.15) is 0 Å². The lowest BCUT2D eigenvalue weighted by Gasteiger charge is -1.96. The van der Waals surface area contributed by atoms with Crippen LogP contribution in [-0.2, 0) is 0 Å². The van der Waals surface area contributed by atoms with E-state index in [2.05, 4.69) is 20.9 Å². The number of nitrogens with zero attached hydrogens (tertiary/aromatic N) is 1. The molecule has 0 aliphatic heterocycles. The summed E-state index contributed by atoms with van der Waals surface area (Å²) in [6, 6.07) is 14.4. The fraction of sp³-hybridized carbons (Fsp3) is 0. The summed E-state index contributed by atoms with van der Waals surface area (Å²) in [5.74, 6) is -0.0859. The number of carbonyl (C=O) groups is 1. The lowest BCUT2D eigenvalue weighted by atomic mass is 10.1. The summed E-state index contributed by atoms with van der Waals surface area (Å²) >= 11 is 3.33. The van der Waals surface area contributed by atoms with Crippen LogP contribution in [0.5, 0.6) is 0 Å². The Morgan fingerprint density at radius 1 is 1.06 bits per heavy atom. The molecule has 0 radical (unpaired) electrons. The van der Waals surface area contributed by atoms with Crippen LogP contribution < -0.4 is 0 Å². The Bertz CT molecular complexity index is 683. The number of halogens is 1. The van der Waals surface area contributed by atoms with Crippen molar-refractivity contribution in [2.24, 2.45) is 0 Å². The first-order valence-electron chi connectivity index (χ1n) is 5.40. The van der Waals surface area contributed by atoms with Gasteiger partial charge in [-0.1, -0.05) is 28.1 Å². The smallest absolute Gasteiger partial charge is 0.269 e. The summed E-state index contributed by atoms with van der Waals surface area (Å²) in [7, 11) is 0. The fourth-order valence-electron chi connectivity index (χ4n) is 1.69. The highest BCUT2D eigenvalue weighted by molar-refractivity contribution is 9.10. The lowest BCUT2D eigenvalue weighted by Crippen LogP contribution is -2.00. The number of hydrogen-bond donors (Lipinski definition) is 0. The second-order valence-electron chi connectivity index (χ2n) is 3.82. The molecule has 2 aromatic carbocycles. The maximum Gasteiger partial charge on any atom is 0.269 e. The van der Waals surface area contributed by atoms with Crippen molar-refractivity contribution >= 4 is 32.8 Å². The van der Waals surface area contributed by atoms with Crippen molar-refractivity contribution < 1.29 is 9.21 Å². The van der Waals surface area contributed by atoms with Crippen LogP contribution in [-0.4, -0.2) is 10.8 Å². The summed E-state index contributed by atoms with van der Waals surface area (Å²) < 4.78 is 6.37. The molecule has 0 saturated carbocycles. The number of oxazole rings is 1. The van der Waals surface area contributed by atoms with Crippen LogP contribution in [0.25, 0.3) is 11.1 Å². The maximum atomic E-state index is 12.2. The fourth-order valence-corrected chi connectivity index (χ4v) is 1.96. The van der Waals surface area contributed by atoms with Gasteiger partial charge in [0.1, 0.15) is 5.52 Å². The van der Waals surface area contributed by atoms with Crippen LogP contribution in [0.15, 0.2) is 57.4 Å². The summed E-state index contributed by atoms with van der Waals surface area (Å²) in [5, 5.41) is 0. The standard InChI is InChI=1S/C14H8BrNO2/c15-10-7-5-9(6-8-10)13(17)14-16-11-3-1-2-4-12(11)18-14/h1-8H. The Morgan fingerprint density at radius 2 is 1.78 bits per heavy atom. The number of benzene rings is 2. The van der Waals surface area contributed by atoms with Crippen LogP contribution >= 0.6 is 15.9 Å². The normalized spacial score (nSPS) is 10.7. The molecule has 1 aromatic heterocycles. The molecule has 0 unspecified atom stereocenters. The number of para-hydroxylation sites is 2. The topological polar surface area (TPSA) is 43.1 Å². The summed E-state index contributed by atoms with van der Waals surface area (Å²) in [4.78, 5) is 16.3. The molecule has 0 N–H and O–H groups in total. The van der Waals surface area contributed by atoms with Gasteiger partial charge in [0, 0.05) is 10.0 Å². The van der Waals surface area contributed by atoms with E-state index in [-0.39, 0.29) is 11.7 Å². The van der Waals surface area contributed by atoms with Gasteiger partial charge in [0.15, 0.2) is 5.58 Å². The molecule has 3 rings (SSSR count). The van der Waals surface area contributed by atoms with Gasteiger partial charge in [-0.05, 0) is 36.4 Å². The zero-order valence-corrected chi connectivity index (χ0v) is 10.8. The van der Waals surface area contributed by atoms with E-state index in [1.54, 1.807) is 18.2 Å². The molecule has 88 valence electrons. The molecule has 0 spiro atoms. The Kier molecular flexibility index (Phi) is 2.72. The van der Waals surface area contributed by atoms with E-state index in [1.807, 2.05) is 30.3 Å². The van der Waals surface area contributed by atoms with Gasteiger partial charge in [0.05, 0.1) is 0 Å². The Hall–Kier alpha value is -1.94. The number of ketones is 1. The number of fused-ring (bicyclic) bond motifs is 1. The van der Waals surface area contributed by atoms with Crippen LogP contribution in [0.1, 0.15) is 16.2 Å². The second kappa shape index (κ2) is 4.38. The van der Waals surface area contributed by atoms with E-state index in [0.717, 1.165) is 4.47 Å². The van der Waals surface area contributed by atoms with Crippen LogP contribution in [0.2, 0.25) is 0 Å². The van der Waals surface area contributed by atoms with Gasteiger partial charge < -0.3 is 4.42 Å². The zero-order valence-electron chi connectivity index (χ0n) is 9.26. The van der Waals surface area contributed by atoms with Gasteiger partial charge in [0.25, 0.3) is 5.89 Å². The molecule has 0 aliphatic carbocycles. The third kappa shape index (κ3) is 1.95. The van der Waals surface area contributed by atoms with Crippen LogP contribution in [0.3, 0.4) is 0 Å². The minimum atomic E-state index is -0.210. The van der Waals surface area contributed by atoms with E-state index < -0.39 is 0 Å². The van der Waals surface area contributed by atoms with Crippen molar-refractivity contribution in [2.75, 3.05) is 0 Å². The predicted octanol–water partition coefficient (Wildman–Crippen LogP) is 3.82. The van der Waals surface area contributed by atoms with Crippen molar-refractivity contribution in [2.45, 2.75) is 0 Å². The molecule has 0 fully saturated rings. The molecule has 0 saturated heterocycles. The van der Waals surface area contributed by atoms with Crippen molar-refractivity contribution in [3.63, 3.8) is 0 Å². The first-order chi connectivity index (χ1) is 8.74. The minimum Gasteiger partial charge on any atom is -0.433 e. The predicted molar refractivity (Wildman–Crippen MR) is 71.6 cm³/mol. The van der Waals surface area contributed by atoms with Crippen molar-refractivity contribution in [1.29, 1.82) is 0 Å². The molecule has 4 heteroatoms. The van der Waals surface area contributed by atoms with Gasteiger partial charge in [-0.15, -0.1) is 0 Å². The molecule has 0 amide bonds. The SMILES string of the molecule is O=C(c1ccc(Br)cc1)c1nc2ccccc2o1. The number of rotatable bonds is 2. The van der Waals surface area contributed by atoms with Crippen LogP contribution in [0.4, 0.5) is 0 Å². The highest BCUT2D eigenvalue weighted by Crippen LogP contribution is 2.18. The maximum absolute atomic E-state index is 12.2. The first-order valence-corrected chi connectivity index (χ1v) is 6.19. The number of hydrogen-bond acceptors (Lipinski definition) is 3. The summed E-state index contributed by atoms with van der Waals surface area (Å²) in [5.41, 5.74) is 1.88. The van der Waals surface area contributed by atoms with Gasteiger partial charge in [0.2, 0.25) is 5.78 Å². The lowest BCUT2D eigenvalue weighted by molar-refractivity contribution is 0.100. The van der Waals surface area contributed by atoms with Crippen LogP contribution in [0, 0.1) is 0 Å². The van der Waals surface area contributed by atoms with Gasteiger partial charge >= 0.3 is 0 Å². The molecular formula is C14H8BrNO2. The molecule has 18 heavy (non-hydrogen) atoms. The largest absolute Gasteiger partial charge is 0.433 e. The monoisotopic (exact) mass is 301 g/mol. The average Bonchev–Trinajstić information content (AvgIpc) is 2.82. The highest BCUT2D eigenvalue weighted by Gasteiger charge is 2.15. The molecule has 3 aromatic rings. The molecule has 0 bridgehead atoms. The Balaban J connectivity index is 2.03. The second-order valence-corrected chi connectivity index (χ2v) is 4.74. The number of carbonyl (C=O) groups excluding carboxylic acids is 1. The Morgan fingerprint density at radius 3 is 2.50 bits per heavy atom. The summed E-state index contributed by atoms with van der Waals surface area (Å²) in [6.07, 6.45) is 0. The third-order valence-electron chi connectivity index (χ3n) is 2.59. The number of aromatic nitrogens is 1.